The van der Waals surface area contributed by atoms with Gasteiger partial charge in [-0.2, -0.15) is 0 Å². The molecule has 0 saturated carbocycles. The van der Waals surface area contributed by atoms with Crippen LogP contribution < -0.4 is 4.74 Å². The fourth-order valence-electron chi connectivity index (χ4n) is 1.26. The van der Waals surface area contributed by atoms with Gasteiger partial charge in [0.25, 0.3) is 0 Å². The zero-order valence-corrected chi connectivity index (χ0v) is 8.77. The number of pyridine rings is 2. The Kier molecular flexibility index (Phi) is 2.63. The number of aryl methyl sites for hydroxylation is 2. The minimum Gasteiger partial charge on any atom is -0.437 e. The van der Waals surface area contributed by atoms with Crippen molar-refractivity contribution in [3.8, 4) is 11.6 Å². The second-order valence-corrected chi connectivity index (χ2v) is 3.31. The van der Waals surface area contributed by atoms with Gasteiger partial charge in [-0.25, -0.2) is 4.98 Å². The Morgan fingerprint density at radius 1 is 1.07 bits per heavy atom. The Hall–Kier alpha value is -1.90. The molecule has 0 N–H and O–H groups in total. The maximum absolute atomic E-state index is 5.62. The summed E-state index contributed by atoms with van der Waals surface area (Å²) in [6, 6.07) is 9.41. The fourth-order valence-corrected chi connectivity index (χ4v) is 1.26. The Labute approximate surface area is 88.8 Å². The summed E-state index contributed by atoms with van der Waals surface area (Å²) in [5.74, 6) is 1.35. The number of hydrogen-bond acceptors (Lipinski definition) is 3. The molecule has 76 valence electrons. The van der Waals surface area contributed by atoms with Gasteiger partial charge in [0.2, 0.25) is 5.88 Å². The minimum atomic E-state index is 0.603. The normalized spacial score (nSPS) is 10.0. The predicted molar refractivity (Wildman–Crippen MR) is 58.0 cm³/mol. The summed E-state index contributed by atoms with van der Waals surface area (Å²) in [6.07, 6.45) is 1.74. The summed E-state index contributed by atoms with van der Waals surface area (Å²) in [5.41, 5.74) is 1.80. The average Bonchev–Trinajstić information content (AvgIpc) is 2.22. The zero-order chi connectivity index (χ0) is 10.7. The van der Waals surface area contributed by atoms with E-state index in [0.717, 1.165) is 17.1 Å². The third-order valence-corrected chi connectivity index (χ3v) is 2.04. The third kappa shape index (κ3) is 2.31. The molecule has 3 nitrogen and oxygen atoms in total. The Balaban J connectivity index is 2.26. The zero-order valence-electron chi connectivity index (χ0n) is 8.77. The molecule has 2 heterocycles. The molecule has 0 bridgehead atoms. The molecule has 2 aromatic heterocycles. The van der Waals surface area contributed by atoms with Crippen molar-refractivity contribution in [3.63, 3.8) is 0 Å². The molecule has 0 aliphatic rings. The van der Waals surface area contributed by atoms with E-state index in [1.165, 1.54) is 0 Å². The molecule has 0 unspecified atom stereocenters. The first-order valence-corrected chi connectivity index (χ1v) is 4.79. The van der Waals surface area contributed by atoms with Crippen LogP contribution in [-0.4, -0.2) is 9.97 Å². The number of nitrogens with zero attached hydrogens (tertiary/aromatic N) is 2. The maximum atomic E-state index is 5.62. The second-order valence-electron chi connectivity index (χ2n) is 3.31. The molecule has 2 rings (SSSR count). The van der Waals surface area contributed by atoms with Crippen molar-refractivity contribution in [2.24, 2.45) is 0 Å². The number of ether oxygens (including phenoxy) is 1. The molecule has 2 aromatic rings. The van der Waals surface area contributed by atoms with Crippen molar-refractivity contribution >= 4 is 0 Å². The molecule has 0 aromatic carbocycles. The quantitative estimate of drug-likeness (QED) is 0.747. The van der Waals surface area contributed by atoms with Crippen molar-refractivity contribution < 1.29 is 4.74 Å². The highest BCUT2D eigenvalue weighted by Gasteiger charge is 2.01. The van der Waals surface area contributed by atoms with Crippen LogP contribution in [0, 0.1) is 13.8 Å². The van der Waals surface area contributed by atoms with Gasteiger partial charge in [0.1, 0.15) is 0 Å². The first kappa shape index (κ1) is 9.65. The number of rotatable bonds is 2. The van der Waals surface area contributed by atoms with Crippen LogP contribution in [0.25, 0.3) is 0 Å². The van der Waals surface area contributed by atoms with E-state index in [0.29, 0.717) is 5.88 Å². The predicted octanol–water partition coefficient (Wildman–Crippen LogP) is 2.89. The molecule has 15 heavy (non-hydrogen) atoms. The summed E-state index contributed by atoms with van der Waals surface area (Å²) in [7, 11) is 0. The summed E-state index contributed by atoms with van der Waals surface area (Å²) >= 11 is 0. The van der Waals surface area contributed by atoms with Crippen LogP contribution in [-0.2, 0) is 0 Å². The third-order valence-electron chi connectivity index (χ3n) is 2.04. The number of aromatic nitrogens is 2. The van der Waals surface area contributed by atoms with E-state index >= 15 is 0 Å². The van der Waals surface area contributed by atoms with Crippen molar-refractivity contribution in [1.82, 2.24) is 9.97 Å². The largest absolute Gasteiger partial charge is 0.437 e. The highest BCUT2D eigenvalue weighted by atomic mass is 16.5. The van der Waals surface area contributed by atoms with E-state index < -0.39 is 0 Å². The van der Waals surface area contributed by atoms with E-state index in [-0.39, 0.29) is 0 Å². The molecule has 0 spiro atoms. The van der Waals surface area contributed by atoms with Crippen molar-refractivity contribution in [2.75, 3.05) is 0 Å². The van der Waals surface area contributed by atoms with Crippen LogP contribution in [0.3, 0.4) is 0 Å². The lowest BCUT2D eigenvalue weighted by Crippen LogP contribution is -1.92. The smallest absolute Gasteiger partial charge is 0.219 e. The minimum absolute atomic E-state index is 0.603. The summed E-state index contributed by atoms with van der Waals surface area (Å²) in [4.78, 5) is 8.40. The van der Waals surface area contributed by atoms with Crippen LogP contribution in [0.1, 0.15) is 11.4 Å². The highest BCUT2D eigenvalue weighted by molar-refractivity contribution is 5.30. The van der Waals surface area contributed by atoms with Crippen molar-refractivity contribution in [3.05, 3.63) is 47.9 Å². The number of hydrogen-bond donors (Lipinski definition) is 0. The van der Waals surface area contributed by atoms with Gasteiger partial charge in [-0.3, -0.25) is 4.98 Å². The summed E-state index contributed by atoms with van der Waals surface area (Å²) in [5, 5.41) is 0. The second kappa shape index (κ2) is 4.09. The highest BCUT2D eigenvalue weighted by Crippen LogP contribution is 2.21. The monoisotopic (exact) mass is 200 g/mol. The van der Waals surface area contributed by atoms with Gasteiger partial charge in [-0.1, -0.05) is 6.07 Å². The van der Waals surface area contributed by atoms with Gasteiger partial charge >= 0.3 is 0 Å². The van der Waals surface area contributed by atoms with E-state index in [1.54, 1.807) is 6.20 Å². The molecule has 0 aliphatic heterocycles. The van der Waals surface area contributed by atoms with E-state index in [2.05, 4.69) is 9.97 Å². The van der Waals surface area contributed by atoms with Gasteiger partial charge in [0.15, 0.2) is 5.75 Å². The average molecular weight is 200 g/mol. The fraction of sp³-hybridized carbons (Fsp3) is 0.167. The van der Waals surface area contributed by atoms with Crippen LogP contribution in [0.4, 0.5) is 0 Å². The van der Waals surface area contributed by atoms with Crippen LogP contribution in [0.5, 0.6) is 11.6 Å². The Morgan fingerprint density at radius 3 is 2.67 bits per heavy atom. The first-order valence-electron chi connectivity index (χ1n) is 4.79. The van der Waals surface area contributed by atoms with Gasteiger partial charge in [0, 0.05) is 18.0 Å². The SMILES string of the molecule is Cc1cccc(Oc2cccnc2C)n1. The van der Waals surface area contributed by atoms with Gasteiger partial charge in [-0.05, 0) is 32.0 Å². The van der Waals surface area contributed by atoms with Crippen LogP contribution in [0.15, 0.2) is 36.5 Å². The molecular weight excluding hydrogens is 188 g/mol. The van der Waals surface area contributed by atoms with E-state index in [4.69, 9.17) is 4.74 Å². The molecule has 0 radical (unpaired) electrons. The summed E-state index contributed by atoms with van der Waals surface area (Å²) in [6.45, 7) is 3.84. The molecular formula is C12H12N2O. The molecule has 0 fully saturated rings. The molecule has 0 atom stereocenters. The lowest BCUT2D eigenvalue weighted by Gasteiger charge is -2.06. The van der Waals surface area contributed by atoms with Crippen LogP contribution in [0.2, 0.25) is 0 Å². The van der Waals surface area contributed by atoms with E-state index in [9.17, 15) is 0 Å². The standard InChI is InChI=1S/C12H12N2O/c1-9-5-3-7-12(14-9)15-11-6-4-8-13-10(11)2/h3-8H,1-2H3. The van der Waals surface area contributed by atoms with Gasteiger partial charge in [0.05, 0.1) is 5.69 Å². The molecule has 0 saturated heterocycles. The molecule has 0 aliphatic carbocycles. The van der Waals surface area contributed by atoms with E-state index in [1.807, 2.05) is 44.2 Å². The topological polar surface area (TPSA) is 35.0 Å². The maximum Gasteiger partial charge on any atom is 0.219 e. The first-order chi connectivity index (χ1) is 7.25. The lowest BCUT2D eigenvalue weighted by molar-refractivity contribution is 0.455. The van der Waals surface area contributed by atoms with Crippen molar-refractivity contribution in [2.45, 2.75) is 13.8 Å². The van der Waals surface area contributed by atoms with Crippen molar-refractivity contribution in [1.29, 1.82) is 0 Å². The Morgan fingerprint density at radius 2 is 1.93 bits per heavy atom. The van der Waals surface area contributed by atoms with Gasteiger partial charge in [-0.15, -0.1) is 0 Å². The van der Waals surface area contributed by atoms with Gasteiger partial charge < -0.3 is 4.74 Å². The summed E-state index contributed by atoms with van der Waals surface area (Å²) < 4.78 is 5.62. The molecule has 0 amide bonds. The lowest BCUT2D eigenvalue weighted by atomic mass is 10.3. The Bertz CT molecular complexity index is 469. The van der Waals surface area contributed by atoms with Crippen LogP contribution >= 0.6 is 0 Å². The molecule has 3 heteroatoms.